The van der Waals surface area contributed by atoms with Gasteiger partial charge in [-0.05, 0) is 28.5 Å². The number of para-hydroxylation sites is 1. The van der Waals surface area contributed by atoms with Crippen LogP contribution in [0.25, 0.3) is 0 Å². The molecule has 1 nitrogen and oxygen atoms in total. The molecule has 0 spiro atoms. The van der Waals surface area contributed by atoms with Crippen LogP contribution in [0.2, 0.25) is 0 Å². The van der Waals surface area contributed by atoms with Crippen LogP contribution in [-0.2, 0) is 6.61 Å². The molecule has 2 rings (SSSR count). The first-order valence-electron chi connectivity index (χ1n) is 7.39. The van der Waals surface area contributed by atoms with Crippen molar-refractivity contribution in [2.75, 3.05) is 0 Å². The Balaban J connectivity index is 2.28. The van der Waals surface area contributed by atoms with Gasteiger partial charge in [0.2, 0.25) is 0 Å². The zero-order valence-electron chi connectivity index (χ0n) is 12.9. The van der Waals surface area contributed by atoms with Gasteiger partial charge >= 0.3 is 0 Å². The molecule has 0 saturated carbocycles. The van der Waals surface area contributed by atoms with E-state index < -0.39 is 0 Å². The van der Waals surface area contributed by atoms with Crippen LogP contribution >= 0.6 is 0 Å². The summed E-state index contributed by atoms with van der Waals surface area (Å²) >= 11 is 0. The third-order valence-corrected chi connectivity index (χ3v) is 3.55. The highest BCUT2D eigenvalue weighted by atomic mass is 16.5. The van der Waals surface area contributed by atoms with E-state index in [1.165, 1.54) is 16.7 Å². The summed E-state index contributed by atoms with van der Waals surface area (Å²) < 4.78 is 6.18. The molecule has 2 aromatic rings. The van der Waals surface area contributed by atoms with E-state index in [1.807, 2.05) is 6.07 Å². The van der Waals surface area contributed by atoms with Crippen LogP contribution in [0.15, 0.2) is 48.5 Å². The van der Waals surface area contributed by atoms with E-state index in [0.717, 1.165) is 5.75 Å². The van der Waals surface area contributed by atoms with Gasteiger partial charge < -0.3 is 4.74 Å². The second-order valence-electron chi connectivity index (χ2n) is 5.85. The predicted octanol–water partition coefficient (Wildman–Crippen LogP) is 5.51. The van der Waals surface area contributed by atoms with Gasteiger partial charge in [-0.25, -0.2) is 0 Å². The predicted molar refractivity (Wildman–Crippen MR) is 85.4 cm³/mol. The first kappa shape index (κ1) is 14.6. The molecule has 0 unspecified atom stereocenters. The van der Waals surface area contributed by atoms with Crippen molar-refractivity contribution in [3.05, 3.63) is 65.2 Å². The number of rotatable bonds is 5. The SMILES string of the molecule is CC(C)c1cccc(C(C)C)c1OCc1ccccc1. The Hall–Kier alpha value is -1.76. The van der Waals surface area contributed by atoms with E-state index in [0.29, 0.717) is 18.4 Å². The normalized spacial score (nSPS) is 11.1. The van der Waals surface area contributed by atoms with Gasteiger partial charge in [-0.1, -0.05) is 76.2 Å². The van der Waals surface area contributed by atoms with Crippen LogP contribution in [0.3, 0.4) is 0 Å². The van der Waals surface area contributed by atoms with E-state index >= 15 is 0 Å². The van der Waals surface area contributed by atoms with Gasteiger partial charge in [0.25, 0.3) is 0 Å². The molecule has 0 atom stereocenters. The average Bonchev–Trinajstić information content (AvgIpc) is 2.45. The molecule has 20 heavy (non-hydrogen) atoms. The fourth-order valence-corrected chi connectivity index (χ4v) is 2.38. The number of hydrogen-bond acceptors (Lipinski definition) is 1. The monoisotopic (exact) mass is 268 g/mol. The molecular formula is C19H24O. The first-order chi connectivity index (χ1) is 9.59. The largest absolute Gasteiger partial charge is 0.488 e. The lowest BCUT2D eigenvalue weighted by atomic mass is 9.94. The molecule has 0 aliphatic carbocycles. The third kappa shape index (κ3) is 3.41. The molecule has 1 heteroatoms. The van der Waals surface area contributed by atoms with Crippen molar-refractivity contribution in [1.29, 1.82) is 0 Å². The highest BCUT2D eigenvalue weighted by Crippen LogP contribution is 2.34. The highest BCUT2D eigenvalue weighted by Gasteiger charge is 2.14. The fourth-order valence-electron chi connectivity index (χ4n) is 2.38. The van der Waals surface area contributed by atoms with Crippen molar-refractivity contribution in [2.45, 2.75) is 46.1 Å². The lowest BCUT2D eigenvalue weighted by Gasteiger charge is -2.20. The minimum Gasteiger partial charge on any atom is -0.488 e. The Labute approximate surface area is 122 Å². The maximum absolute atomic E-state index is 6.18. The molecule has 0 aliphatic rings. The fraction of sp³-hybridized carbons (Fsp3) is 0.368. The van der Waals surface area contributed by atoms with E-state index in [2.05, 4.69) is 70.2 Å². The zero-order valence-corrected chi connectivity index (χ0v) is 12.9. The Morgan fingerprint density at radius 1 is 0.750 bits per heavy atom. The van der Waals surface area contributed by atoms with E-state index in [4.69, 9.17) is 4.74 Å². The first-order valence-corrected chi connectivity index (χ1v) is 7.39. The van der Waals surface area contributed by atoms with Crippen molar-refractivity contribution >= 4 is 0 Å². The van der Waals surface area contributed by atoms with Gasteiger partial charge in [0.15, 0.2) is 0 Å². The van der Waals surface area contributed by atoms with E-state index in [9.17, 15) is 0 Å². The van der Waals surface area contributed by atoms with Crippen LogP contribution in [0.1, 0.15) is 56.2 Å². The second-order valence-corrected chi connectivity index (χ2v) is 5.85. The summed E-state index contributed by atoms with van der Waals surface area (Å²) in [5, 5.41) is 0. The zero-order chi connectivity index (χ0) is 14.5. The molecular weight excluding hydrogens is 244 g/mol. The van der Waals surface area contributed by atoms with Crippen LogP contribution in [0.4, 0.5) is 0 Å². The molecule has 0 saturated heterocycles. The summed E-state index contributed by atoms with van der Waals surface area (Å²) in [6.45, 7) is 9.50. The molecule has 0 aromatic heterocycles. The standard InChI is InChI=1S/C19H24O/c1-14(2)17-11-8-12-18(15(3)4)19(17)20-13-16-9-6-5-7-10-16/h5-12,14-15H,13H2,1-4H3. The van der Waals surface area contributed by atoms with Gasteiger partial charge in [0.1, 0.15) is 12.4 Å². The van der Waals surface area contributed by atoms with Gasteiger partial charge in [-0.3, -0.25) is 0 Å². The van der Waals surface area contributed by atoms with Crippen LogP contribution < -0.4 is 4.74 Å². The van der Waals surface area contributed by atoms with E-state index in [1.54, 1.807) is 0 Å². The number of ether oxygens (including phenoxy) is 1. The molecule has 0 fully saturated rings. The van der Waals surface area contributed by atoms with Crippen LogP contribution in [-0.4, -0.2) is 0 Å². The Morgan fingerprint density at radius 3 is 1.80 bits per heavy atom. The highest BCUT2D eigenvalue weighted by molar-refractivity contribution is 5.45. The lowest BCUT2D eigenvalue weighted by Crippen LogP contribution is -2.04. The summed E-state index contributed by atoms with van der Waals surface area (Å²) in [4.78, 5) is 0. The second kappa shape index (κ2) is 6.60. The van der Waals surface area contributed by atoms with Gasteiger partial charge in [-0.2, -0.15) is 0 Å². The maximum Gasteiger partial charge on any atom is 0.126 e. The van der Waals surface area contributed by atoms with Crippen LogP contribution in [0, 0.1) is 0 Å². The third-order valence-electron chi connectivity index (χ3n) is 3.55. The Bertz CT molecular complexity index is 515. The average molecular weight is 268 g/mol. The van der Waals surface area contributed by atoms with Gasteiger partial charge in [0.05, 0.1) is 0 Å². The maximum atomic E-state index is 6.18. The molecule has 0 bridgehead atoms. The number of benzene rings is 2. The van der Waals surface area contributed by atoms with Gasteiger partial charge in [0, 0.05) is 0 Å². The molecule has 2 aromatic carbocycles. The Kier molecular flexibility index (Phi) is 4.84. The van der Waals surface area contributed by atoms with Crippen molar-refractivity contribution in [2.24, 2.45) is 0 Å². The minimum atomic E-state index is 0.472. The quantitative estimate of drug-likeness (QED) is 0.694. The summed E-state index contributed by atoms with van der Waals surface area (Å²) in [7, 11) is 0. The van der Waals surface area contributed by atoms with Crippen LogP contribution in [0.5, 0.6) is 5.75 Å². The Morgan fingerprint density at radius 2 is 1.30 bits per heavy atom. The van der Waals surface area contributed by atoms with Crippen molar-refractivity contribution in [3.8, 4) is 5.75 Å². The molecule has 0 N–H and O–H groups in total. The van der Waals surface area contributed by atoms with E-state index in [-0.39, 0.29) is 0 Å². The summed E-state index contributed by atoms with van der Waals surface area (Å²) in [6.07, 6.45) is 0. The minimum absolute atomic E-state index is 0.472. The molecule has 106 valence electrons. The van der Waals surface area contributed by atoms with Crippen molar-refractivity contribution in [1.82, 2.24) is 0 Å². The van der Waals surface area contributed by atoms with Crippen molar-refractivity contribution < 1.29 is 4.74 Å². The smallest absolute Gasteiger partial charge is 0.126 e. The lowest BCUT2D eigenvalue weighted by molar-refractivity contribution is 0.297. The molecule has 0 aliphatic heterocycles. The number of hydrogen-bond donors (Lipinski definition) is 0. The summed E-state index contributed by atoms with van der Waals surface area (Å²) in [5.74, 6) is 2.01. The van der Waals surface area contributed by atoms with Crippen molar-refractivity contribution in [3.63, 3.8) is 0 Å². The summed E-state index contributed by atoms with van der Waals surface area (Å²) in [5.41, 5.74) is 3.81. The summed E-state index contributed by atoms with van der Waals surface area (Å²) in [6, 6.07) is 16.8. The topological polar surface area (TPSA) is 9.23 Å². The molecule has 0 amide bonds. The van der Waals surface area contributed by atoms with Gasteiger partial charge in [-0.15, -0.1) is 0 Å². The molecule has 0 heterocycles. The molecule has 0 radical (unpaired) electrons.